The maximum atomic E-state index is 5.91. The summed E-state index contributed by atoms with van der Waals surface area (Å²) < 4.78 is 0. The fourth-order valence-corrected chi connectivity index (χ4v) is 3.76. The van der Waals surface area contributed by atoms with Crippen LogP contribution in [0.4, 0.5) is 5.95 Å². The van der Waals surface area contributed by atoms with E-state index in [0.29, 0.717) is 6.54 Å². The number of thiazole rings is 1. The monoisotopic (exact) mass is 306 g/mol. The van der Waals surface area contributed by atoms with Crippen LogP contribution in [0.5, 0.6) is 0 Å². The average Bonchev–Trinajstić information content (AvgIpc) is 3.05. The van der Waals surface area contributed by atoms with Crippen LogP contribution in [0, 0.1) is 19.3 Å². The number of aryl methyl sites for hydroxylation is 2. The van der Waals surface area contributed by atoms with Gasteiger partial charge in [0.15, 0.2) is 5.82 Å². The van der Waals surface area contributed by atoms with Crippen molar-refractivity contribution in [3.05, 3.63) is 10.7 Å². The lowest BCUT2D eigenvalue weighted by Gasteiger charge is -2.39. The smallest absolute Gasteiger partial charge is 0.245 e. The van der Waals surface area contributed by atoms with Crippen LogP contribution in [-0.2, 0) is 0 Å². The Morgan fingerprint density at radius 1 is 1.38 bits per heavy atom. The van der Waals surface area contributed by atoms with Crippen LogP contribution in [0.1, 0.15) is 30.5 Å². The zero-order valence-corrected chi connectivity index (χ0v) is 13.6. The first-order valence-electron chi connectivity index (χ1n) is 7.32. The molecule has 3 heterocycles. The first-order valence-corrected chi connectivity index (χ1v) is 8.14. The summed E-state index contributed by atoms with van der Waals surface area (Å²) in [6, 6.07) is 0. The summed E-state index contributed by atoms with van der Waals surface area (Å²) >= 11 is 1.65. The van der Waals surface area contributed by atoms with E-state index in [2.05, 4.69) is 32.0 Å². The molecule has 3 N–H and O–H groups in total. The van der Waals surface area contributed by atoms with Gasteiger partial charge in [-0.15, -0.1) is 16.4 Å². The van der Waals surface area contributed by atoms with Crippen LogP contribution in [-0.4, -0.2) is 39.8 Å². The summed E-state index contributed by atoms with van der Waals surface area (Å²) in [7, 11) is 0. The molecule has 2 aromatic rings. The zero-order valence-electron chi connectivity index (χ0n) is 12.8. The Labute approximate surface area is 128 Å². The zero-order chi connectivity index (χ0) is 15.0. The second kappa shape index (κ2) is 5.38. The number of aromatic nitrogens is 4. The maximum absolute atomic E-state index is 5.91. The van der Waals surface area contributed by atoms with E-state index in [9.17, 15) is 0 Å². The van der Waals surface area contributed by atoms with Crippen molar-refractivity contribution >= 4 is 17.3 Å². The van der Waals surface area contributed by atoms with E-state index in [1.807, 2.05) is 13.8 Å². The molecule has 114 valence electrons. The van der Waals surface area contributed by atoms with Crippen LogP contribution in [0.25, 0.3) is 10.7 Å². The van der Waals surface area contributed by atoms with Crippen molar-refractivity contribution in [2.75, 3.05) is 24.5 Å². The first-order chi connectivity index (χ1) is 10.0. The summed E-state index contributed by atoms with van der Waals surface area (Å²) in [5.41, 5.74) is 7.08. The van der Waals surface area contributed by atoms with Gasteiger partial charge < -0.3 is 10.6 Å². The number of anilines is 1. The molecule has 0 spiro atoms. The van der Waals surface area contributed by atoms with Gasteiger partial charge in [-0.2, -0.15) is 4.98 Å². The number of rotatable bonds is 3. The Balaban J connectivity index is 1.83. The molecule has 6 nitrogen and oxygen atoms in total. The average molecular weight is 306 g/mol. The van der Waals surface area contributed by atoms with Crippen LogP contribution in [0.15, 0.2) is 0 Å². The molecular weight excluding hydrogens is 284 g/mol. The molecule has 1 saturated heterocycles. The Morgan fingerprint density at radius 2 is 2.19 bits per heavy atom. The van der Waals surface area contributed by atoms with E-state index in [1.165, 1.54) is 6.42 Å². The van der Waals surface area contributed by atoms with Gasteiger partial charge in [-0.25, -0.2) is 4.98 Å². The fourth-order valence-electron chi connectivity index (χ4n) is 2.90. The molecule has 0 amide bonds. The lowest BCUT2D eigenvalue weighted by molar-refractivity contribution is 0.270. The highest BCUT2D eigenvalue weighted by molar-refractivity contribution is 7.15. The molecule has 3 rings (SSSR count). The quantitative estimate of drug-likeness (QED) is 0.907. The third kappa shape index (κ3) is 2.80. The SMILES string of the molecule is Cc1nc(C)c(-c2nc(N3CCCC(C)(CN)C3)n[nH]2)s1. The van der Waals surface area contributed by atoms with Gasteiger partial charge in [0.1, 0.15) is 0 Å². The van der Waals surface area contributed by atoms with Gasteiger partial charge in [0.25, 0.3) is 0 Å². The number of piperidine rings is 1. The van der Waals surface area contributed by atoms with E-state index in [4.69, 9.17) is 5.73 Å². The van der Waals surface area contributed by atoms with Crippen LogP contribution in [0.3, 0.4) is 0 Å². The van der Waals surface area contributed by atoms with Gasteiger partial charge in [0, 0.05) is 13.1 Å². The molecule has 1 fully saturated rings. The van der Waals surface area contributed by atoms with Gasteiger partial charge in [0.2, 0.25) is 5.95 Å². The van der Waals surface area contributed by atoms with E-state index >= 15 is 0 Å². The summed E-state index contributed by atoms with van der Waals surface area (Å²) in [6.07, 6.45) is 2.31. The Bertz CT molecular complexity index is 633. The van der Waals surface area contributed by atoms with Crippen LogP contribution < -0.4 is 10.6 Å². The van der Waals surface area contributed by atoms with E-state index in [0.717, 1.165) is 46.9 Å². The van der Waals surface area contributed by atoms with Crippen molar-refractivity contribution in [3.8, 4) is 10.7 Å². The van der Waals surface area contributed by atoms with Crippen molar-refractivity contribution in [2.45, 2.75) is 33.6 Å². The summed E-state index contributed by atoms with van der Waals surface area (Å²) in [6.45, 7) is 8.87. The molecule has 7 heteroatoms. The minimum Gasteiger partial charge on any atom is -0.339 e. The summed E-state index contributed by atoms with van der Waals surface area (Å²) in [4.78, 5) is 12.4. The Morgan fingerprint density at radius 3 is 2.86 bits per heavy atom. The van der Waals surface area contributed by atoms with Crippen LogP contribution in [0.2, 0.25) is 0 Å². The number of H-pyrrole nitrogens is 1. The van der Waals surface area contributed by atoms with Crippen molar-refractivity contribution in [1.29, 1.82) is 0 Å². The minimum atomic E-state index is 0.163. The number of hydrogen-bond acceptors (Lipinski definition) is 6. The maximum Gasteiger partial charge on any atom is 0.245 e. The van der Waals surface area contributed by atoms with Crippen molar-refractivity contribution < 1.29 is 0 Å². The molecule has 0 aromatic carbocycles. The third-order valence-corrected chi connectivity index (χ3v) is 5.23. The molecule has 1 aliphatic heterocycles. The topological polar surface area (TPSA) is 83.7 Å². The van der Waals surface area contributed by atoms with E-state index in [-0.39, 0.29) is 5.41 Å². The highest BCUT2D eigenvalue weighted by Gasteiger charge is 2.31. The molecule has 1 atom stereocenters. The molecular formula is C14H22N6S. The second-order valence-electron chi connectivity index (χ2n) is 6.17. The number of aromatic amines is 1. The molecule has 0 aliphatic carbocycles. The molecule has 0 radical (unpaired) electrons. The highest BCUT2D eigenvalue weighted by Crippen LogP contribution is 2.32. The number of hydrogen-bond donors (Lipinski definition) is 2. The largest absolute Gasteiger partial charge is 0.339 e. The van der Waals surface area contributed by atoms with E-state index < -0.39 is 0 Å². The third-order valence-electron chi connectivity index (χ3n) is 4.15. The van der Waals surface area contributed by atoms with Crippen molar-refractivity contribution in [3.63, 3.8) is 0 Å². The van der Waals surface area contributed by atoms with Gasteiger partial charge in [-0.3, -0.25) is 5.10 Å². The Hall–Kier alpha value is -1.47. The second-order valence-corrected chi connectivity index (χ2v) is 7.37. The number of nitrogens with one attached hydrogen (secondary N) is 1. The first kappa shape index (κ1) is 14.5. The summed E-state index contributed by atoms with van der Waals surface area (Å²) in [5.74, 6) is 1.59. The van der Waals surface area contributed by atoms with Crippen molar-refractivity contribution in [2.24, 2.45) is 11.1 Å². The molecule has 0 saturated carbocycles. The van der Waals surface area contributed by atoms with Crippen LogP contribution >= 0.6 is 11.3 Å². The lowest BCUT2D eigenvalue weighted by Crippen LogP contribution is -2.46. The predicted molar refractivity (Wildman–Crippen MR) is 85.6 cm³/mol. The Kier molecular flexibility index (Phi) is 3.71. The van der Waals surface area contributed by atoms with E-state index in [1.54, 1.807) is 11.3 Å². The fraction of sp³-hybridized carbons (Fsp3) is 0.643. The predicted octanol–water partition coefficient (Wildman–Crippen LogP) is 2.11. The normalized spacial score (nSPS) is 22.8. The number of nitrogens with zero attached hydrogens (tertiary/aromatic N) is 4. The molecule has 0 bridgehead atoms. The van der Waals surface area contributed by atoms with Gasteiger partial charge >= 0.3 is 0 Å². The molecule has 1 aliphatic rings. The van der Waals surface area contributed by atoms with Gasteiger partial charge in [-0.1, -0.05) is 6.92 Å². The standard InChI is InChI=1S/C14H22N6S/c1-9-11(21-10(2)16-9)12-17-13(19-18-12)20-6-4-5-14(3,7-15)8-20/h4-8,15H2,1-3H3,(H,17,18,19). The van der Waals surface area contributed by atoms with Gasteiger partial charge in [0.05, 0.1) is 15.6 Å². The van der Waals surface area contributed by atoms with Gasteiger partial charge in [-0.05, 0) is 38.6 Å². The minimum absolute atomic E-state index is 0.163. The number of nitrogens with two attached hydrogens (primary N) is 1. The molecule has 1 unspecified atom stereocenters. The molecule has 2 aromatic heterocycles. The molecule has 21 heavy (non-hydrogen) atoms. The summed E-state index contributed by atoms with van der Waals surface area (Å²) in [5, 5.41) is 8.50. The highest BCUT2D eigenvalue weighted by atomic mass is 32.1. The lowest BCUT2D eigenvalue weighted by atomic mass is 9.82. The van der Waals surface area contributed by atoms with Crippen molar-refractivity contribution in [1.82, 2.24) is 20.2 Å².